The molecule has 0 fully saturated rings. The molecule has 0 bridgehead atoms. The summed E-state index contributed by atoms with van der Waals surface area (Å²) in [7, 11) is 0. The van der Waals surface area contributed by atoms with Gasteiger partial charge in [0, 0.05) is 28.4 Å². The monoisotopic (exact) mass is 596 g/mol. The fourth-order valence-corrected chi connectivity index (χ4v) is 9.69. The lowest BCUT2D eigenvalue weighted by molar-refractivity contribution is 0.487. The first kappa shape index (κ1) is 24.3. The highest BCUT2D eigenvalue weighted by molar-refractivity contribution is 7.01. The van der Waals surface area contributed by atoms with Crippen LogP contribution < -0.4 is 30.9 Å². The van der Waals surface area contributed by atoms with Gasteiger partial charge in [0.05, 0.1) is 11.1 Å². The fourth-order valence-electron chi connectivity index (χ4n) is 9.69. The molecular weight excluding hydrogens is 571 g/mol. The molecule has 0 amide bonds. The summed E-state index contributed by atoms with van der Waals surface area (Å²) < 4.78 is 6.80. The first-order valence-electron chi connectivity index (χ1n) is 16.4. The van der Waals surface area contributed by atoms with E-state index in [1.54, 1.807) is 0 Å². The molecule has 7 aromatic rings. The predicted octanol–water partition coefficient (Wildman–Crippen LogP) is 8.55. The van der Waals surface area contributed by atoms with Gasteiger partial charge >= 0.3 is 0 Å². The van der Waals surface area contributed by atoms with Gasteiger partial charge in [-0.05, 0) is 98.3 Å². The number of rotatable bonds is 1. The molecule has 0 saturated carbocycles. The molecule has 0 N–H and O–H groups in total. The molecule has 1 spiro atoms. The van der Waals surface area contributed by atoms with E-state index in [2.05, 4.69) is 161 Å². The lowest BCUT2D eigenvalue weighted by atomic mass is 9.32. The predicted molar refractivity (Wildman–Crippen MR) is 191 cm³/mol. The van der Waals surface area contributed by atoms with Crippen molar-refractivity contribution in [3.8, 4) is 22.6 Å². The number of hydrogen-bond acceptors (Lipinski definition) is 3. The first-order chi connectivity index (χ1) is 23.4. The van der Waals surface area contributed by atoms with Crippen LogP contribution in [0.25, 0.3) is 11.1 Å². The molecular formula is C43H25BN2O. The van der Waals surface area contributed by atoms with Crippen LogP contribution in [0.1, 0.15) is 22.3 Å². The van der Waals surface area contributed by atoms with Crippen LogP contribution in [-0.4, -0.2) is 6.71 Å². The third-order valence-corrected chi connectivity index (χ3v) is 11.2. The number of fused-ring (bicyclic) bond motifs is 10. The Morgan fingerprint density at radius 3 is 1.66 bits per heavy atom. The number of anilines is 6. The van der Waals surface area contributed by atoms with Crippen LogP contribution in [0, 0.1) is 0 Å². The van der Waals surface area contributed by atoms with Crippen LogP contribution in [0.4, 0.5) is 34.1 Å². The summed E-state index contributed by atoms with van der Waals surface area (Å²) >= 11 is 0. The second-order valence-electron chi connectivity index (χ2n) is 13.2. The molecule has 12 rings (SSSR count). The Balaban J connectivity index is 1.30. The molecule has 3 nitrogen and oxygen atoms in total. The van der Waals surface area contributed by atoms with E-state index in [0.29, 0.717) is 0 Å². The van der Waals surface area contributed by atoms with E-state index in [1.165, 1.54) is 78.2 Å². The number of ether oxygens (including phenoxy) is 1. The summed E-state index contributed by atoms with van der Waals surface area (Å²) in [6.45, 7) is 0.0523. The van der Waals surface area contributed by atoms with Crippen molar-refractivity contribution < 1.29 is 4.74 Å². The molecule has 0 saturated heterocycles. The molecule has 5 aliphatic rings. The normalized spacial score (nSPS) is 15.4. The molecule has 0 atom stereocenters. The van der Waals surface area contributed by atoms with Crippen molar-refractivity contribution in [3.05, 3.63) is 174 Å². The summed E-state index contributed by atoms with van der Waals surface area (Å²) in [5.41, 5.74) is 18.7. The summed E-state index contributed by atoms with van der Waals surface area (Å²) in [6, 6.07) is 56.0. The highest BCUT2D eigenvalue weighted by atomic mass is 16.5. The van der Waals surface area contributed by atoms with E-state index in [1.807, 2.05) is 0 Å². The number of para-hydroxylation sites is 2. The molecule has 0 aromatic heterocycles. The molecule has 216 valence electrons. The number of benzene rings is 7. The highest BCUT2D eigenvalue weighted by Gasteiger charge is 2.56. The molecule has 4 aliphatic heterocycles. The van der Waals surface area contributed by atoms with Crippen molar-refractivity contribution in [2.24, 2.45) is 0 Å². The van der Waals surface area contributed by atoms with Gasteiger partial charge in [0.15, 0.2) is 0 Å². The average molecular weight is 596 g/mol. The van der Waals surface area contributed by atoms with Crippen molar-refractivity contribution >= 4 is 57.2 Å². The van der Waals surface area contributed by atoms with Crippen LogP contribution in [0.15, 0.2) is 152 Å². The van der Waals surface area contributed by atoms with Crippen LogP contribution >= 0.6 is 0 Å². The smallest absolute Gasteiger partial charge is 0.261 e. The van der Waals surface area contributed by atoms with Crippen molar-refractivity contribution in [3.63, 3.8) is 0 Å². The Morgan fingerprint density at radius 1 is 0.404 bits per heavy atom. The summed E-state index contributed by atoms with van der Waals surface area (Å²) in [5.74, 6) is 1.89. The van der Waals surface area contributed by atoms with Crippen molar-refractivity contribution in [2.75, 3.05) is 9.80 Å². The van der Waals surface area contributed by atoms with E-state index in [9.17, 15) is 0 Å². The minimum Gasteiger partial charge on any atom is -0.458 e. The topological polar surface area (TPSA) is 15.7 Å². The molecule has 0 unspecified atom stereocenters. The van der Waals surface area contributed by atoms with Crippen LogP contribution in [0.5, 0.6) is 11.5 Å². The Labute approximate surface area is 273 Å². The molecule has 1 aliphatic carbocycles. The van der Waals surface area contributed by atoms with E-state index in [-0.39, 0.29) is 6.71 Å². The zero-order chi connectivity index (χ0) is 30.4. The standard InChI is InChI=1S/C43H25BN2O/c1-2-12-26(13-3-1)45-34-20-10-22-37-39(34)44-40-35(21-11-23-38(40)47-37)46-33-19-9-8-18-31(33)43(32-24-25-36(45)41(44)42(32)46)29-16-6-4-14-27(29)28-15-5-7-17-30(28)43/h1-25H. The van der Waals surface area contributed by atoms with Crippen molar-refractivity contribution in [1.82, 2.24) is 0 Å². The second-order valence-corrected chi connectivity index (χ2v) is 13.2. The Morgan fingerprint density at radius 2 is 0.957 bits per heavy atom. The lowest BCUT2D eigenvalue weighted by Gasteiger charge is -2.52. The van der Waals surface area contributed by atoms with Gasteiger partial charge in [0.25, 0.3) is 6.71 Å². The van der Waals surface area contributed by atoms with Crippen LogP contribution in [0.2, 0.25) is 0 Å². The zero-order valence-electron chi connectivity index (χ0n) is 25.3. The molecule has 0 radical (unpaired) electrons. The van der Waals surface area contributed by atoms with Gasteiger partial charge in [-0.1, -0.05) is 103 Å². The van der Waals surface area contributed by atoms with Crippen molar-refractivity contribution in [1.29, 1.82) is 0 Å². The van der Waals surface area contributed by atoms with E-state index < -0.39 is 5.41 Å². The third kappa shape index (κ3) is 2.64. The van der Waals surface area contributed by atoms with Crippen LogP contribution in [-0.2, 0) is 5.41 Å². The average Bonchev–Trinajstić information content (AvgIpc) is 3.43. The maximum atomic E-state index is 6.80. The van der Waals surface area contributed by atoms with Gasteiger partial charge in [0.2, 0.25) is 0 Å². The number of nitrogens with zero attached hydrogens (tertiary/aromatic N) is 2. The number of hydrogen-bond donors (Lipinski definition) is 0. The molecule has 4 heterocycles. The third-order valence-electron chi connectivity index (χ3n) is 11.2. The van der Waals surface area contributed by atoms with Gasteiger partial charge in [0.1, 0.15) is 11.5 Å². The van der Waals surface area contributed by atoms with Gasteiger partial charge in [-0.3, -0.25) is 0 Å². The van der Waals surface area contributed by atoms with Gasteiger partial charge in [-0.2, -0.15) is 0 Å². The van der Waals surface area contributed by atoms with Crippen molar-refractivity contribution in [2.45, 2.75) is 5.41 Å². The highest BCUT2D eigenvalue weighted by Crippen LogP contribution is 2.64. The van der Waals surface area contributed by atoms with E-state index in [0.717, 1.165) is 17.2 Å². The minimum absolute atomic E-state index is 0.0523. The maximum Gasteiger partial charge on any atom is 0.261 e. The molecule has 47 heavy (non-hydrogen) atoms. The van der Waals surface area contributed by atoms with E-state index in [4.69, 9.17) is 4.74 Å². The molecule has 4 heteroatoms. The Hall–Kier alpha value is -6.00. The SMILES string of the molecule is c1ccc(N2c3cccc4c3B3c5c(cccc5N5c6ccccc6C6(c7ccccc7-c7ccccc76)c6ccc2c3c65)O4)cc1. The summed E-state index contributed by atoms with van der Waals surface area (Å²) in [6.07, 6.45) is 0. The fraction of sp³-hybridized carbons (Fsp3) is 0.0233. The van der Waals surface area contributed by atoms with E-state index >= 15 is 0 Å². The van der Waals surface area contributed by atoms with Crippen LogP contribution in [0.3, 0.4) is 0 Å². The quantitative estimate of drug-likeness (QED) is 0.177. The zero-order valence-corrected chi connectivity index (χ0v) is 25.3. The summed E-state index contributed by atoms with van der Waals surface area (Å²) in [5, 5.41) is 0. The lowest BCUT2D eigenvalue weighted by Crippen LogP contribution is -2.64. The maximum absolute atomic E-state index is 6.80. The summed E-state index contributed by atoms with van der Waals surface area (Å²) in [4.78, 5) is 5.01. The Kier molecular flexibility index (Phi) is 4.25. The first-order valence-corrected chi connectivity index (χ1v) is 16.4. The van der Waals surface area contributed by atoms with Gasteiger partial charge in [-0.25, -0.2) is 0 Å². The second kappa shape index (κ2) is 8.23. The molecule has 7 aromatic carbocycles. The Bertz CT molecular complexity index is 2480. The van der Waals surface area contributed by atoms with Gasteiger partial charge in [-0.15, -0.1) is 0 Å². The largest absolute Gasteiger partial charge is 0.458 e. The van der Waals surface area contributed by atoms with Gasteiger partial charge < -0.3 is 14.5 Å². The minimum atomic E-state index is -0.456.